The van der Waals surface area contributed by atoms with Gasteiger partial charge in [0.25, 0.3) is 0 Å². The van der Waals surface area contributed by atoms with E-state index >= 15 is 0 Å². The van der Waals surface area contributed by atoms with Gasteiger partial charge in [-0.25, -0.2) is 4.79 Å². The molecule has 0 aromatic heterocycles. The van der Waals surface area contributed by atoms with Crippen LogP contribution in [-0.4, -0.2) is 34.2 Å². The number of halogens is 1. The van der Waals surface area contributed by atoms with Crippen LogP contribution in [0.5, 0.6) is 0 Å². The molecule has 4 rings (SSSR count). The van der Waals surface area contributed by atoms with Crippen LogP contribution < -0.4 is 9.80 Å². The summed E-state index contributed by atoms with van der Waals surface area (Å²) in [6.45, 7) is 0. The van der Waals surface area contributed by atoms with Crippen LogP contribution in [0.3, 0.4) is 0 Å². The van der Waals surface area contributed by atoms with Crippen LogP contribution in [0.15, 0.2) is 66.7 Å². The molecule has 1 aliphatic heterocycles. The first-order chi connectivity index (χ1) is 13.8. The lowest BCUT2D eigenvalue weighted by molar-refractivity contribution is 0.0251. The number of fused-ring (bicyclic) bond motifs is 1. The van der Waals surface area contributed by atoms with E-state index in [1.54, 1.807) is 12.1 Å². The van der Waals surface area contributed by atoms with Crippen molar-refractivity contribution in [1.82, 2.24) is 0 Å². The molecule has 5 heteroatoms. The Morgan fingerprint density at radius 1 is 0.759 bits per heavy atom. The molecule has 0 atom stereocenters. The van der Waals surface area contributed by atoms with Crippen LogP contribution in [0.1, 0.15) is 27.0 Å². The molecular formula is C24H23ClN2O2. The van der Waals surface area contributed by atoms with E-state index in [-0.39, 0.29) is 5.97 Å². The maximum atomic E-state index is 12.8. The van der Waals surface area contributed by atoms with Crippen molar-refractivity contribution >= 4 is 28.9 Å². The summed E-state index contributed by atoms with van der Waals surface area (Å²) in [5.74, 6) is -0.343. The molecule has 0 spiro atoms. The third kappa shape index (κ3) is 3.14. The molecule has 0 N–H and O–H groups in total. The van der Waals surface area contributed by atoms with Gasteiger partial charge in [0.05, 0.1) is 5.56 Å². The van der Waals surface area contributed by atoms with Crippen LogP contribution in [0.25, 0.3) is 0 Å². The lowest BCUT2D eigenvalue weighted by Crippen LogP contribution is -2.29. The van der Waals surface area contributed by atoms with Crippen molar-refractivity contribution in [3.05, 3.63) is 94.0 Å². The van der Waals surface area contributed by atoms with Crippen LogP contribution in [0.2, 0.25) is 5.02 Å². The van der Waals surface area contributed by atoms with Gasteiger partial charge < -0.3 is 14.5 Å². The van der Waals surface area contributed by atoms with Gasteiger partial charge in [-0.2, -0.15) is 0 Å². The molecule has 0 unspecified atom stereocenters. The number of hydrogen-bond acceptors (Lipinski definition) is 4. The summed E-state index contributed by atoms with van der Waals surface area (Å²) in [4.78, 5) is 16.9. The molecule has 148 valence electrons. The molecule has 0 aliphatic carbocycles. The minimum Gasteiger partial charge on any atom is -0.441 e. The van der Waals surface area contributed by atoms with Gasteiger partial charge in [0.15, 0.2) is 5.60 Å². The largest absolute Gasteiger partial charge is 0.441 e. The summed E-state index contributed by atoms with van der Waals surface area (Å²) in [7, 11) is 7.98. The number of anilines is 2. The Labute approximate surface area is 176 Å². The molecule has 0 fully saturated rings. The molecule has 4 nitrogen and oxygen atoms in total. The molecule has 3 aromatic carbocycles. The minimum atomic E-state index is -1.03. The van der Waals surface area contributed by atoms with Crippen molar-refractivity contribution < 1.29 is 9.53 Å². The number of ether oxygens (including phenoxy) is 1. The topological polar surface area (TPSA) is 32.8 Å². The fourth-order valence-corrected chi connectivity index (χ4v) is 3.99. The van der Waals surface area contributed by atoms with Crippen LogP contribution >= 0.6 is 11.6 Å². The SMILES string of the molecule is CN(C)c1ccc(C2(c3ccc(N(C)C)cc3)OC(=O)c3ccc(Cl)cc32)cc1. The van der Waals surface area contributed by atoms with E-state index in [0.717, 1.165) is 28.1 Å². The molecule has 0 bridgehead atoms. The lowest BCUT2D eigenvalue weighted by atomic mass is 9.80. The number of benzene rings is 3. The molecule has 1 aliphatic rings. The molecule has 0 amide bonds. The fraction of sp³-hybridized carbons (Fsp3) is 0.208. The van der Waals surface area contributed by atoms with Crippen molar-refractivity contribution in [3.63, 3.8) is 0 Å². The summed E-state index contributed by atoms with van der Waals surface area (Å²) >= 11 is 6.33. The average Bonchev–Trinajstić information content (AvgIpc) is 3.01. The Bertz CT molecular complexity index is 1010. The first-order valence-corrected chi connectivity index (χ1v) is 9.80. The third-order valence-electron chi connectivity index (χ3n) is 5.41. The lowest BCUT2D eigenvalue weighted by Gasteiger charge is -2.31. The van der Waals surface area contributed by atoms with E-state index in [9.17, 15) is 4.79 Å². The number of carbonyl (C=O) groups excluding carboxylic acids is 1. The highest BCUT2D eigenvalue weighted by Crippen LogP contribution is 2.48. The van der Waals surface area contributed by atoms with E-state index in [2.05, 4.69) is 0 Å². The van der Waals surface area contributed by atoms with Gasteiger partial charge in [-0.05, 0) is 42.5 Å². The number of cyclic esters (lactones) is 1. The Morgan fingerprint density at radius 2 is 1.24 bits per heavy atom. The molecule has 0 radical (unpaired) electrons. The van der Waals surface area contributed by atoms with Crippen molar-refractivity contribution in [2.75, 3.05) is 38.0 Å². The van der Waals surface area contributed by atoms with Gasteiger partial charge in [0.2, 0.25) is 0 Å². The quantitative estimate of drug-likeness (QED) is 0.575. The minimum absolute atomic E-state index is 0.343. The Morgan fingerprint density at radius 3 is 1.69 bits per heavy atom. The van der Waals surface area contributed by atoms with Crippen LogP contribution in [-0.2, 0) is 10.3 Å². The summed E-state index contributed by atoms with van der Waals surface area (Å²) in [5.41, 5.74) is 4.19. The van der Waals surface area contributed by atoms with Gasteiger partial charge in [0, 0.05) is 61.3 Å². The first-order valence-electron chi connectivity index (χ1n) is 9.42. The normalized spacial score (nSPS) is 14.3. The average molecular weight is 407 g/mol. The standard InChI is InChI=1S/C24H23ClN2O2/c1-26(2)19-10-5-16(6-11-19)24(17-7-12-20(13-8-17)27(3)4)22-15-18(25)9-14-21(22)23(28)29-24/h5-15H,1-4H3. The molecule has 0 saturated carbocycles. The number of rotatable bonds is 4. The van der Waals surface area contributed by atoms with E-state index in [1.165, 1.54) is 0 Å². The van der Waals surface area contributed by atoms with Gasteiger partial charge in [0.1, 0.15) is 0 Å². The van der Waals surface area contributed by atoms with Crippen molar-refractivity contribution in [2.24, 2.45) is 0 Å². The number of esters is 1. The predicted molar refractivity (Wildman–Crippen MR) is 118 cm³/mol. The first kappa shape index (κ1) is 19.3. The predicted octanol–water partition coefficient (Wildman–Crippen LogP) is 4.93. The van der Waals surface area contributed by atoms with Gasteiger partial charge >= 0.3 is 5.97 Å². The highest BCUT2D eigenvalue weighted by Gasteiger charge is 2.48. The molecule has 3 aromatic rings. The van der Waals surface area contributed by atoms with Gasteiger partial charge in [-0.3, -0.25) is 0 Å². The van der Waals surface area contributed by atoms with Crippen molar-refractivity contribution in [3.8, 4) is 0 Å². The maximum Gasteiger partial charge on any atom is 0.340 e. The van der Waals surface area contributed by atoms with Crippen LogP contribution in [0.4, 0.5) is 11.4 Å². The van der Waals surface area contributed by atoms with E-state index in [4.69, 9.17) is 16.3 Å². The zero-order valence-electron chi connectivity index (χ0n) is 16.9. The maximum absolute atomic E-state index is 12.8. The molecule has 1 heterocycles. The smallest absolute Gasteiger partial charge is 0.340 e. The molecule has 0 saturated heterocycles. The van der Waals surface area contributed by atoms with Crippen molar-refractivity contribution in [2.45, 2.75) is 5.60 Å². The second-order valence-corrected chi connectivity index (χ2v) is 8.08. The molecule has 29 heavy (non-hydrogen) atoms. The Hall–Kier alpha value is -2.98. The number of nitrogens with zero attached hydrogens (tertiary/aromatic N) is 2. The zero-order chi connectivity index (χ0) is 20.8. The summed E-state index contributed by atoms with van der Waals surface area (Å²) in [6.07, 6.45) is 0. The number of hydrogen-bond donors (Lipinski definition) is 0. The Balaban J connectivity index is 1.96. The summed E-state index contributed by atoms with van der Waals surface area (Å²) in [5, 5.41) is 0.571. The van der Waals surface area contributed by atoms with E-state index < -0.39 is 5.60 Å². The van der Waals surface area contributed by atoms with Crippen molar-refractivity contribution in [1.29, 1.82) is 0 Å². The van der Waals surface area contributed by atoms with Crippen LogP contribution in [0, 0.1) is 0 Å². The Kier molecular flexibility index (Phi) is 4.75. The summed E-state index contributed by atoms with van der Waals surface area (Å²) < 4.78 is 6.12. The van der Waals surface area contributed by atoms with Gasteiger partial charge in [-0.15, -0.1) is 0 Å². The third-order valence-corrected chi connectivity index (χ3v) is 5.64. The second kappa shape index (κ2) is 7.12. The molecular weight excluding hydrogens is 384 g/mol. The highest BCUT2D eigenvalue weighted by atomic mass is 35.5. The highest BCUT2D eigenvalue weighted by molar-refractivity contribution is 6.30. The monoisotopic (exact) mass is 406 g/mol. The number of carbonyl (C=O) groups is 1. The zero-order valence-corrected chi connectivity index (χ0v) is 17.7. The van der Waals surface area contributed by atoms with E-state index in [1.807, 2.05) is 92.6 Å². The second-order valence-electron chi connectivity index (χ2n) is 7.64. The summed E-state index contributed by atoms with van der Waals surface area (Å²) in [6, 6.07) is 21.5. The van der Waals surface area contributed by atoms with E-state index in [0.29, 0.717) is 10.6 Å². The van der Waals surface area contributed by atoms with Gasteiger partial charge in [-0.1, -0.05) is 35.9 Å². The fourth-order valence-electron chi connectivity index (χ4n) is 3.82.